The fourth-order valence-corrected chi connectivity index (χ4v) is 3.90. The Morgan fingerprint density at radius 3 is 2.54 bits per heavy atom. The maximum absolute atomic E-state index is 12.4. The summed E-state index contributed by atoms with van der Waals surface area (Å²) in [6.45, 7) is 7.41. The van der Waals surface area contributed by atoms with Gasteiger partial charge >= 0.3 is 0 Å². The molecule has 0 saturated heterocycles. The number of hydrogen-bond acceptors (Lipinski definition) is 10. The van der Waals surface area contributed by atoms with E-state index in [0.717, 1.165) is 16.8 Å². The number of methoxy groups -OCH3 is 1. The number of carbonyl (C=O) groups excluding carboxylic acids is 1. The molecular formula is C25H31N9O3. The van der Waals surface area contributed by atoms with Gasteiger partial charge in [0.1, 0.15) is 6.54 Å². The molecule has 0 fully saturated rings. The van der Waals surface area contributed by atoms with Crippen LogP contribution < -0.4 is 5.73 Å². The van der Waals surface area contributed by atoms with E-state index in [0.29, 0.717) is 30.4 Å². The van der Waals surface area contributed by atoms with Crippen molar-refractivity contribution in [1.29, 1.82) is 0 Å². The first kappa shape index (κ1) is 25.9. The zero-order chi connectivity index (χ0) is 26.6. The van der Waals surface area contributed by atoms with Crippen LogP contribution in [-0.2, 0) is 16.1 Å². The number of aromatic nitrogens is 7. The molecule has 12 nitrogen and oxygen atoms in total. The quantitative estimate of drug-likeness (QED) is 0.359. The zero-order valence-corrected chi connectivity index (χ0v) is 21.6. The lowest BCUT2D eigenvalue weighted by atomic mass is 9.76. The van der Waals surface area contributed by atoms with Crippen LogP contribution in [0.1, 0.15) is 38.1 Å². The van der Waals surface area contributed by atoms with Crippen LogP contribution in [0.3, 0.4) is 0 Å². The van der Waals surface area contributed by atoms with Gasteiger partial charge in [-0.15, -0.1) is 0 Å². The largest absolute Gasteiger partial charge is 0.383 e. The van der Waals surface area contributed by atoms with E-state index < -0.39 is 0 Å². The number of anilines is 1. The van der Waals surface area contributed by atoms with Crippen molar-refractivity contribution in [3.05, 3.63) is 54.5 Å². The van der Waals surface area contributed by atoms with Crippen molar-refractivity contribution >= 4 is 11.9 Å². The molecule has 0 saturated carbocycles. The van der Waals surface area contributed by atoms with Crippen LogP contribution in [0.25, 0.3) is 22.7 Å². The summed E-state index contributed by atoms with van der Waals surface area (Å²) in [7, 11) is 3.33. The molecule has 2 N–H and O–H groups in total. The van der Waals surface area contributed by atoms with Crippen LogP contribution >= 0.6 is 0 Å². The van der Waals surface area contributed by atoms with Gasteiger partial charge in [0.15, 0.2) is 5.82 Å². The van der Waals surface area contributed by atoms with Gasteiger partial charge in [-0.05, 0) is 17.0 Å². The SMILES string of the molecule is COCCN(C)C(=O)Cn1cc(-c2nc(C(c3ccc(-c4cnc(N)nc4)nc3)C(C)(C)C)no2)cn1. The zero-order valence-electron chi connectivity index (χ0n) is 21.6. The topological polar surface area (TPSA) is 151 Å². The molecule has 1 amide bonds. The third-order valence-corrected chi connectivity index (χ3v) is 5.89. The fraction of sp³-hybridized carbons (Fsp3) is 0.400. The van der Waals surface area contributed by atoms with Crippen molar-refractivity contribution in [2.24, 2.45) is 5.41 Å². The van der Waals surface area contributed by atoms with Crippen LogP contribution in [-0.4, -0.2) is 73.0 Å². The van der Waals surface area contributed by atoms with Gasteiger partial charge in [-0.2, -0.15) is 10.1 Å². The van der Waals surface area contributed by atoms with E-state index in [4.69, 9.17) is 15.0 Å². The molecule has 12 heteroatoms. The number of carbonyl (C=O) groups is 1. The highest BCUT2D eigenvalue weighted by atomic mass is 16.5. The number of ether oxygens (including phenoxy) is 1. The van der Waals surface area contributed by atoms with Crippen LogP contribution in [0.5, 0.6) is 0 Å². The molecule has 0 aliphatic heterocycles. The molecule has 4 heterocycles. The normalized spacial score (nSPS) is 12.5. The molecule has 1 atom stereocenters. The van der Waals surface area contributed by atoms with Gasteiger partial charge in [-0.1, -0.05) is 32.0 Å². The van der Waals surface area contributed by atoms with Gasteiger partial charge in [0.05, 0.1) is 30.0 Å². The first-order chi connectivity index (χ1) is 17.7. The highest BCUT2D eigenvalue weighted by Gasteiger charge is 2.33. The second-order valence-electron chi connectivity index (χ2n) is 9.80. The number of nitrogens with zero attached hydrogens (tertiary/aromatic N) is 8. The van der Waals surface area contributed by atoms with E-state index in [9.17, 15) is 4.79 Å². The molecule has 0 radical (unpaired) electrons. The highest BCUT2D eigenvalue weighted by Crippen LogP contribution is 2.39. The van der Waals surface area contributed by atoms with E-state index in [1.807, 2.05) is 12.1 Å². The lowest BCUT2D eigenvalue weighted by Crippen LogP contribution is -2.32. The molecule has 194 valence electrons. The Morgan fingerprint density at radius 1 is 1.14 bits per heavy atom. The van der Waals surface area contributed by atoms with E-state index in [1.165, 1.54) is 0 Å². The Hall–Kier alpha value is -4.19. The predicted molar refractivity (Wildman–Crippen MR) is 136 cm³/mol. The van der Waals surface area contributed by atoms with Gasteiger partial charge in [0, 0.05) is 51.1 Å². The Balaban J connectivity index is 1.53. The minimum atomic E-state index is -0.224. The Bertz CT molecular complexity index is 1320. The molecule has 4 rings (SSSR count). The summed E-state index contributed by atoms with van der Waals surface area (Å²) < 4.78 is 12.2. The predicted octanol–water partition coefficient (Wildman–Crippen LogP) is 2.65. The number of likely N-dealkylation sites (N-methyl/N-ethyl adjacent to an activating group) is 1. The first-order valence-corrected chi connectivity index (χ1v) is 11.8. The van der Waals surface area contributed by atoms with Crippen molar-refractivity contribution in [1.82, 2.24) is 39.8 Å². The van der Waals surface area contributed by atoms with Gasteiger partial charge in [-0.25, -0.2) is 9.97 Å². The van der Waals surface area contributed by atoms with Gasteiger partial charge in [0.2, 0.25) is 11.9 Å². The average Bonchev–Trinajstić information content (AvgIpc) is 3.52. The van der Waals surface area contributed by atoms with Crippen LogP contribution in [0.4, 0.5) is 5.95 Å². The second kappa shape index (κ2) is 10.8. The molecule has 1 unspecified atom stereocenters. The van der Waals surface area contributed by atoms with Crippen molar-refractivity contribution in [3.8, 4) is 22.7 Å². The summed E-state index contributed by atoms with van der Waals surface area (Å²) in [6.07, 6.45) is 8.42. The van der Waals surface area contributed by atoms with E-state index in [-0.39, 0.29) is 29.7 Å². The molecule has 37 heavy (non-hydrogen) atoms. The molecule has 0 aliphatic rings. The molecule has 0 aliphatic carbocycles. The Labute approximate surface area is 214 Å². The van der Waals surface area contributed by atoms with Gasteiger partial charge < -0.3 is 19.9 Å². The molecular weight excluding hydrogens is 474 g/mol. The maximum atomic E-state index is 12.4. The number of amides is 1. The second-order valence-corrected chi connectivity index (χ2v) is 9.80. The molecule has 4 aromatic rings. The lowest BCUT2D eigenvalue weighted by Gasteiger charge is -2.28. The molecule has 0 bridgehead atoms. The summed E-state index contributed by atoms with van der Waals surface area (Å²) >= 11 is 0. The summed E-state index contributed by atoms with van der Waals surface area (Å²) in [6, 6.07) is 3.91. The standard InChI is InChI=1S/C25H31N9O3/c1-25(2,3)21(16-6-7-19(27-10-16)17-11-28-24(26)29-12-17)22-31-23(37-32-22)18-13-30-34(14-18)15-20(35)33(4)8-9-36-5/h6-7,10-14,21H,8-9,15H2,1-5H3,(H2,26,28,29). The molecule has 0 spiro atoms. The number of rotatable bonds is 9. The Morgan fingerprint density at radius 2 is 1.89 bits per heavy atom. The van der Waals surface area contributed by atoms with E-state index >= 15 is 0 Å². The summed E-state index contributed by atoms with van der Waals surface area (Å²) in [5.74, 6) is 0.829. The minimum Gasteiger partial charge on any atom is -0.383 e. The average molecular weight is 506 g/mol. The van der Waals surface area contributed by atoms with Gasteiger partial charge in [-0.3, -0.25) is 14.5 Å². The van der Waals surface area contributed by atoms with Crippen molar-refractivity contribution < 1.29 is 14.1 Å². The monoisotopic (exact) mass is 505 g/mol. The fourth-order valence-electron chi connectivity index (χ4n) is 3.90. The molecule has 4 aromatic heterocycles. The number of nitrogen functional groups attached to an aromatic ring is 1. The van der Waals surface area contributed by atoms with Crippen molar-refractivity contribution in [2.45, 2.75) is 33.2 Å². The third-order valence-electron chi connectivity index (χ3n) is 5.89. The number of nitrogens with two attached hydrogens (primary N) is 1. The first-order valence-electron chi connectivity index (χ1n) is 11.8. The maximum Gasteiger partial charge on any atom is 0.261 e. The lowest BCUT2D eigenvalue weighted by molar-refractivity contribution is -0.131. The summed E-state index contributed by atoms with van der Waals surface area (Å²) in [5, 5.41) is 8.57. The Kier molecular flexibility index (Phi) is 7.58. The van der Waals surface area contributed by atoms with Crippen molar-refractivity contribution in [2.75, 3.05) is 33.0 Å². The number of pyridine rings is 1. The molecule has 0 aromatic carbocycles. The van der Waals surface area contributed by atoms with Crippen LogP contribution in [0, 0.1) is 5.41 Å². The van der Waals surface area contributed by atoms with Crippen LogP contribution in [0.15, 0.2) is 47.6 Å². The number of hydrogen-bond donors (Lipinski definition) is 1. The highest BCUT2D eigenvalue weighted by molar-refractivity contribution is 5.75. The van der Waals surface area contributed by atoms with Crippen molar-refractivity contribution in [3.63, 3.8) is 0 Å². The van der Waals surface area contributed by atoms with Crippen LogP contribution in [0.2, 0.25) is 0 Å². The third kappa shape index (κ3) is 6.15. The summed E-state index contributed by atoms with van der Waals surface area (Å²) in [5.41, 5.74) is 8.45. The smallest absolute Gasteiger partial charge is 0.261 e. The minimum absolute atomic E-state index is 0.0767. The summed E-state index contributed by atoms with van der Waals surface area (Å²) in [4.78, 5) is 31.3. The van der Waals surface area contributed by atoms with Gasteiger partial charge in [0.25, 0.3) is 5.89 Å². The van der Waals surface area contributed by atoms with E-state index in [2.05, 4.69) is 51.0 Å². The van der Waals surface area contributed by atoms with E-state index in [1.54, 1.807) is 54.7 Å².